The molecule has 0 aromatic rings. The Morgan fingerprint density at radius 2 is 1.69 bits per heavy atom. The van der Waals surface area contributed by atoms with E-state index in [1.165, 1.54) is 12.8 Å². The van der Waals surface area contributed by atoms with Gasteiger partial charge in [0.15, 0.2) is 0 Å². The number of urea groups is 2. The Labute approximate surface area is 75.8 Å². The monoisotopic (exact) mass is 181 g/mol. The van der Waals surface area contributed by atoms with Crippen molar-refractivity contribution in [1.82, 2.24) is 4.90 Å². The lowest BCUT2D eigenvalue weighted by Gasteiger charge is -2.14. The van der Waals surface area contributed by atoms with E-state index in [4.69, 9.17) is 0 Å². The number of azo groups is 1. The van der Waals surface area contributed by atoms with Crippen LogP contribution in [0.2, 0.25) is 0 Å². The molecule has 1 aliphatic carbocycles. The summed E-state index contributed by atoms with van der Waals surface area (Å²) >= 11 is 0. The summed E-state index contributed by atoms with van der Waals surface area (Å²) in [6.45, 7) is 0.505. The van der Waals surface area contributed by atoms with Crippen LogP contribution in [0.4, 0.5) is 9.59 Å². The van der Waals surface area contributed by atoms with Gasteiger partial charge in [-0.15, -0.1) is 0 Å². The molecule has 2 rings (SSSR count). The highest BCUT2D eigenvalue weighted by Crippen LogP contribution is 2.26. The maximum Gasteiger partial charge on any atom is 0.370 e. The summed E-state index contributed by atoms with van der Waals surface area (Å²) in [7, 11) is 0. The number of imide groups is 1. The van der Waals surface area contributed by atoms with E-state index < -0.39 is 12.1 Å². The maximum absolute atomic E-state index is 11.0. The molecule has 2 aliphatic rings. The Kier molecular flexibility index (Phi) is 2.08. The molecule has 13 heavy (non-hydrogen) atoms. The fourth-order valence-electron chi connectivity index (χ4n) is 1.88. The first kappa shape index (κ1) is 8.34. The Balaban J connectivity index is 1.94. The van der Waals surface area contributed by atoms with Gasteiger partial charge in [0, 0.05) is 6.54 Å². The molecule has 0 radical (unpaired) electrons. The summed E-state index contributed by atoms with van der Waals surface area (Å²) in [6, 6.07) is -1.01. The van der Waals surface area contributed by atoms with E-state index in [1.807, 2.05) is 0 Å². The molecule has 1 heterocycles. The highest BCUT2D eigenvalue weighted by molar-refractivity contribution is 5.98. The second kappa shape index (κ2) is 3.24. The van der Waals surface area contributed by atoms with Gasteiger partial charge < -0.3 is 0 Å². The van der Waals surface area contributed by atoms with Crippen molar-refractivity contribution in [2.75, 3.05) is 6.54 Å². The maximum atomic E-state index is 11.0. The molecule has 5 nitrogen and oxygen atoms in total. The molecule has 0 saturated heterocycles. The lowest BCUT2D eigenvalue weighted by atomic mass is 10.1. The summed E-state index contributed by atoms with van der Waals surface area (Å²) in [5.74, 6) is 0.469. The molecule has 70 valence electrons. The minimum atomic E-state index is -0.503. The second-order valence-electron chi connectivity index (χ2n) is 3.53. The van der Waals surface area contributed by atoms with Crippen LogP contribution in [-0.4, -0.2) is 23.5 Å². The van der Waals surface area contributed by atoms with E-state index in [1.54, 1.807) is 0 Å². The van der Waals surface area contributed by atoms with E-state index in [9.17, 15) is 9.59 Å². The van der Waals surface area contributed by atoms with Crippen LogP contribution >= 0.6 is 0 Å². The van der Waals surface area contributed by atoms with Crippen molar-refractivity contribution in [2.45, 2.75) is 25.7 Å². The van der Waals surface area contributed by atoms with Gasteiger partial charge >= 0.3 is 12.1 Å². The summed E-state index contributed by atoms with van der Waals surface area (Å²) in [5.41, 5.74) is 0. The zero-order valence-electron chi connectivity index (χ0n) is 7.27. The van der Waals surface area contributed by atoms with Gasteiger partial charge in [-0.05, 0) is 18.8 Å². The normalized spacial score (nSPS) is 23.5. The molecule has 0 aromatic heterocycles. The van der Waals surface area contributed by atoms with Gasteiger partial charge in [0.2, 0.25) is 0 Å². The molecule has 5 heteroatoms. The molecule has 0 spiro atoms. The van der Waals surface area contributed by atoms with Crippen molar-refractivity contribution in [3.8, 4) is 0 Å². The average molecular weight is 181 g/mol. The standard InChI is InChI=1S/C8H11N3O2/c12-7-9-10-8(13)11(7)5-6-3-1-2-4-6/h6H,1-5H2. The first-order valence-corrected chi connectivity index (χ1v) is 4.54. The quantitative estimate of drug-likeness (QED) is 0.655. The molecule has 1 aliphatic heterocycles. The minimum Gasteiger partial charge on any atom is -0.244 e. The molecule has 0 atom stereocenters. The van der Waals surface area contributed by atoms with Gasteiger partial charge in [-0.25, -0.2) is 14.5 Å². The lowest BCUT2D eigenvalue weighted by molar-refractivity contribution is 0.198. The largest absolute Gasteiger partial charge is 0.370 e. The topological polar surface area (TPSA) is 62.1 Å². The first-order valence-electron chi connectivity index (χ1n) is 4.54. The first-order chi connectivity index (χ1) is 6.27. The zero-order valence-corrected chi connectivity index (χ0v) is 7.27. The van der Waals surface area contributed by atoms with Gasteiger partial charge in [0.1, 0.15) is 0 Å². The van der Waals surface area contributed by atoms with Gasteiger partial charge in [0.25, 0.3) is 0 Å². The van der Waals surface area contributed by atoms with Crippen molar-refractivity contribution in [1.29, 1.82) is 0 Å². The third kappa shape index (κ3) is 1.59. The van der Waals surface area contributed by atoms with Crippen LogP contribution in [-0.2, 0) is 0 Å². The lowest BCUT2D eigenvalue weighted by Crippen LogP contribution is -2.32. The molecule has 0 aromatic carbocycles. The summed E-state index contributed by atoms with van der Waals surface area (Å²) in [6.07, 6.45) is 4.62. The number of rotatable bonds is 2. The number of hydrogen-bond acceptors (Lipinski definition) is 2. The average Bonchev–Trinajstić information content (AvgIpc) is 2.70. The molecule has 1 saturated carbocycles. The van der Waals surface area contributed by atoms with Crippen LogP contribution in [0.5, 0.6) is 0 Å². The van der Waals surface area contributed by atoms with Crippen LogP contribution in [0.3, 0.4) is 0 Å². The molecule has 4 amide bonds. The third-order valence-electron chi connectivity index (χ3n) is 2.60. The van der Waals surface area contributed by atoms with Gasteiger partial charge in [-0.3, -0.25) is 0 Å². The van der Waals surface area contributed by atoms with E-state index in [0.29, 0.717) is 12.5 Å². The van der Waals surface area contributed by atoms with Crippen molar-refractivity contribution in [3.63, 3.8) is 0 Å². The van der Waals surface area contributed by atoms with Crippen molar-refractivity contribution in [2.24, 2.45) is 16.1 Å². The number of carbonyl (C=O) groups excluding carboxylic acids is 2. The fraction of sp³-hybridized carbons (Fsp3) is 0.750. The highest BCUT2D eigenvalue weighted by atomic mass is 16.2. The van der Waals surface area contributed by atoms with Crippen molar-refractivity contribution >= 4 is 12.1 Å². The zero-order chi connectivity index (χ0) is 9.26. The molecular weight excluding hydrogens is 170 g/mol. The third-order valence-corrected chi connectivity index (χ3v) is 2.60. The number of nitrogens with zero attached hydrogens (tertiary/aromatic N) is 3. The van der Waals surface area contributed by atoms with Crippen molar-refractivity contribution < 1.29 is 9.59 Å². The van der Waals surface area contributed by atoms with Crippen LogP contribution in [0.25, 0.3) is 0 Å². The number of carbonyl (C=O) groups is 2. The van der Waals surface area contributed by atoms with Gasteiger partial charge in [-0.1, -0.05) is 23.1 Å². The molecule has 0 N–H and O–H groups in total. The van der Waals surface area contributed by atoms with Gasteiger partial charge in [0.05, 0.1) is 0 Å². The Bertz CT molecular complexity index is 251. The van der Waals surface area contributed by atoms with Crippen LogP contribution in [0.15, 0.2) is 10.2 Å². The van der Waals surface area contributed by atoms with Crippen LogP contribution in [0.1, 0.15) is 25.7 Å². The van der Waals surface area contributed by atoms with Crippen molar-refractivity contribution in [3.05, 3.63) is 0 Å². The molecule has 0 bridgehead atoms. The van der Waals surface area contributed by atoms with Gasteiger partial charge in [-0.2, -0.15) is 0 Å². The summed E-state index contributed by atoms with van der Waals surface area (Å²) in [4.78, 5) is 23.2. The van der Waals surface area contributed by atoms with E-state index in [2.05, 4.69) is 10.2 Å². The van der Waals surface area contributed by atoms with E-state index >= 15 is 0 Å². The predicted octanol–water partition coefficient (Wildman–Crippen LogP) is 2.18. The van der Waals surface area contributed by atoms with Crippen LogP contribution < -0.4 is 0 Å². The van der Waals surface area contributed by atoms with E-state index in [0.717, 1.165) is 17.7 Å². The molecule has 1 fully saturated rings. The number of hydrogen-bond donors (Lipinski definition) is 0. The molecule has 0 unspecified atom stereocenters. The summed E-state index contributed by atoms with van der Waals surface area (Å²) in [5, 5.41) is 6.41. The predicted molar refractivity (Wildman–Crippen MR) is 44.3 cm³/mol. The summed E-state index contributed by atoms with van der Waals surface area (Å²) < 4.78 is 0. The Morgan fingerprint density at radius 3 is 2.23 bits per heavy atom. The SMILES string of the molecule is O=C1N=NC(=O)N1CC1CCCC1. The molecular formula is C8H11N3O2. The highest BCUT2D eigenvalue weighted by Gasteiger charge is 2.30. The number of amides is 4. The van der Waals surface area contributed by atoms with Crippen LogP contribution in [0, 0.1) is 5.92 Å². The Hall–Kier alpha value is -1.26. The minimum absolute atomic E-state index is 0.469. The smallest absolute Gasteiger partial charge is 0.244 e. The fourth-order valence-corrected chi connectivity index (χ4v) is 1.88. The second-order valence-corrected chi connectivity index (χ2v) is 3.53. The Morgan fingerprint density at radius 1 is 1.15 bits per heavy atom. The van der Waals surface area contributed by atoms with E-state index in [-0.39, 0.29) is 0 Å².